The summed E-state index contributed by atoms with van der Waals surface area (Å²) in [5, 5.41) is 0. The second kappa shape index (κ2) is 9.04. The van der Waals surface area contributed by atoms with Gasteiger partial charge >= 0.3 is 0 Å². The van der Waals surface area contributed by atoms with Gasteiger partial charge in [0.05, 0.1) is 6.54 Å². The molecule has 4 heterocycles. The molecule has 1 aromatic carbocycles. The second-order valence-electron chi connectivity index (χ2n) is 8.65. The van der Waals surface area contributed by atoms with Crippen molar-refractivity contribution in [3.8, 4) is 11.1 Å². The smallest absolute Gasteiger partial charge is 0.241 e. The Morgan fingerprint density at radius 2 is 1.78 bits per heavy atom. The Bertz CT molecular complexity index is 1080. The monoisotopic (exact) mass is 428 g/mol. The number of hydrogen-bond donors (Lipinski definition) is 1. The van der Waals surface area contributed by atoms with Crippen LogP contribution in [0.25, 0.3) is 11.1 Å². The highest BCUT2D eigenvalue weighted by Crippen LogP contribution is 2.29. The number of aromatic nitrogens is 3. The Kier molecular flexibility index (Phi) is 5.81. The number of nitrogens with zero attached hydrogens (tertiary/aromatic N) is 5. The molecule has 7 heteroatoms. The van der Waals surface area contributed by atoms with Gasteiger partial charge in [-0.25, -0.2) is 9.97 Å². The highest BCUT2D eigenvalue weighted by molar-refractivity contribution is 5.96. The van der Waals surface area contributed by atoms with Crippen molar-refractivity contribution in [2.75, 3.05) is 36.8 Å². The van der Waals surface area contributed by atoms with E-state index in [1.807, 2.05) is 17.2 Å². The Morgan fingerprint density at radius 3 is 2.59 bits per heavy atom. The fraction of sp³-hybridized carbons (Fsp3) is 0.360. The average molecular weight is 429 g/mol. The Labute approximate surface area is 188 Å². The average Bonchev–Trinajstić information content (AvgIpc) is 2.84. The minimum absolute atomic E-state index is 0.199. The predicted octanol–water partition coefficient (Wildman–Crippen LogP) is 3.28. The van der Waals surface area contributed by atoms with Crippen LogP contribution in [0.2, 0.25) is 0 Å². The third kappa shape index (κ3) is 4.34. The third-order valence-corrected chi connectivity index (χ3v) is 6.49. The minimum Gasteiger partial charge on any atom is -0.368 e. The number of pyridine rings is 1. The summed E-state index contributed by atoms with van der Waals surface area (Å²) >= 11 is 0. The van der Waals surface area contributed by atoms with Gasteiger partial charge in [0.1, 0.15) is 0 Å². The zero-order valence-corrected chi connectivity index (χ0v) is 18.2. The van der Waals surface area contributed by atoms with E-state index in [4.69, 9.17) is 10.7 Å². The summed E-state index contributed by atoms with van der Waals surface area (Å²) in [6.45, 7) is 3.09. The molecule has 1 saturated heterocycles. The molecule has 0 saturated carbocycles. The number of fused-ring (bicyclic) bond motifs is 1. The van der Waals surface area contributed by atoms with Gasteiger partial charge in [0.15, 0.2) is 0 Å². The number of nitrogens with two attached hydrogens (primary N) is 1. The van der Waals surface area contributed by atoms with Crippen molar-refractivity contribution in [2.24, 2.45) is 0 Å². The molecule has 32 heavy (non-hydrogen) atoms. The van der Waals surface area contributed by atoms with E-state index >= 15 is 0 Å². The normalized spacial score (nSPS) is 18.9. The predicted molar refractivity (Wildman–Crippen MR) is 125 cm³/mol. The number of carbonyl (C=O) groups is 1. The van der Waals surface area contributed by atoms with E-state index in [0.29, 0.717) is 12.5 Å². The summed E-state index contributed by atoms with van der Waals surface area (Å²) in [6, 6.07) is 12.4. The molecule has 2 N–H and O–H groups in total. The number of benzene rings is 1. The van der Waals surface area contributed by atoms with E-state index in [9.17, 15) is 4.79 Å². The number of nitrogen functional groups attached to an aromatic ring is 1. The molecular formula is C25H28N6O. The van der Waals surface area contributed by atoms with Crippen LogP contribution < -0.4 is 10.6 Å². The van der Waals surface area contributed by atoms with E-state index in [-0.39, 0.29) is 11.9 Å². The van der Waals surface area contributed by atoms with Crippen molar-refractivity contribution >= 4 is 17.5 Å². The van der Waals surface area contributed by atoms with Gasteiger partial charge < -0.3 is 10.6 Å². The van der Waals surface area contributed by atoms with Crippen LogP contribution in [-0.2, 0) is 11.2 Å². The first-order valence-corrected chi connectivity index (χ1v) is 11.3. The number of amides is 1. The number of likely N-dealkylation sites (tertiary alicyclic amines) is 1. The summed E-state index contributed by atoms with van der Waals surface area (Å²) in [5.41, 5.74) is 10.9. The number of hydrogen-bond acceptors (Lipinski definition) is 6. The Morgan fingerprint density at radius 1 is 0.969 bits per heavy atom. The minimum atomic E-state index is 0.199. The summed E-state index contributed by atoms with van der Waals surface area (Å²) < 4.78 is 0. The molecule has 1 atom stereocenters. The molecule has 164 valence electrons. The lowest BCUT2D eigenvalue weighted by Gasteiger charge is -2.35. The summed E-state index contributed by atoms with van der Waals surface area (Å²) in [5.74, 6) is 0.801. The molecule has 2 aliphatic heterocycles. The van der Waals surface area contributed by atoms with Crippen LogP contribution in [0.3, 0.4) is 0 Å². The molecule has 0 bridgehead atoms. The van der Waals surface area contributed by atoms with Crippen LogP contribution >= 0.6 is 0 Å². The molecular weight excluding hydrogens is 400 g/mol. The summed E-state index contributed by atoms with van der Waals surface area (Å²) in [6.07, 6.45) is 9.55. The molecule has 7 nitrogen and oxygen atoms in total. The lowest BCUT2D eigenvalue weighted by molar-refractivity contribution is -0.120. The quantitative estimate of drug-likeness (QED) is 0.686. The maximum absolute atomic E-state index is 13.1. The van der Waals surface area contributed by atoms with Crippen molar-refractivity contribution in [3.63, 3.8) is 0 Å². The molecule has 0 unspecified atom stereocenters. The van der Waals surface area contributed by atoms with Crippen LogP contribution in [0, 0.1) is 0 Å². The lowest BCUT2D eigenvalue weighted by Crippen LogP contribution is -2.45. The molecule has 3 aromatic rings. The highest BCUT2D eigenvalue weighted by Gasteiger charge is 2.27. The number of aryl methyl sites for hydroxylation is 1. The van der Waals surface area contributed by atoms with E-state index in [0.717, 1.165) is 67.8 Å². The standard InChI is InChI=1S/C25H28N6O/c26-25-28-14-21(15-29-25)19-9-10-22(27-13-19)20-7-3-11-30(16-20)17-24(32)31-12-4-6-18-5-1-2-8-23(18)31/h1-2,5,8-10,13-15,20H,3-4,6-7,11-12,16-17H2,(H2,26,28,29)/t20-/m0/s1. The van der Waals surface area contributed by atoms with Crippen molar-refractivity contribution in [2.45, 2.75) is 31.6 Å². The third-order valence-electron chi connectivity index (χ3n) is 6.49. The van der Waals surface area contributed by atoms with E-state index in [1.54, 1.807) is 12.4 Å². The maximum Gasteiger partial charge on any atom is 0.241 e. The number of piperidine rings is 1. The van der Waals surface area contributed by atoms with E-state index < -0.39 is 0 Å². The van der Waals surface area contributed by atoms with E-state index in [2.05, 4.69) is 45.2 Å². The zero-order valence-electron chi connectivity index (χ0n) is 18.2. The van der Waals surface area contributed by atoms with Gasteiger partial charge in [0.25, 0.3) is 0 Å². The topological polar surface area (TPSA) is 88.2 Å². The fourth-order valence-electron chi connectivity index (χ4n) is 4.81. The first-order valence-electron chi connectivity index (χ1n) is 11.3. The Hall–Kier alpha value is -3.32. The molecule has 0 spiro atoms. The van der Waals surface area contributed by atoms with Crippen molar-refractivity contribution in [3.05, 3.63) is 66.2 Å². The van der Waals surface area contributed by atoms with Gasteiger partial charge in [-0.2, -0.15) is 0 Å². The number of para-hydroxylation sites is 1. The molecule has 1 fully saturated rings. The van der Waals surface area contributed by atoms with Crippen molar-refractivity contribution in [1.82, 2.24) is 19.9 Å². The highest BCUT2D eigenvalue weighted by atomic mass is 16.2. The van der Waals surface area contributed by atoms with Gasteiger partial charge in [-0.1, -0.05) is 24.3 Å². The van der Waals surface area contributed by atoms with Crippen molar-refractivity contribution in [1.29, 1.82) is 0 Å². The number of anilines is 2. The zero-order chi connectivity index (χ0) is 21.9. The molecule has 1 amide bonds. The van der Waals surface area contributed by atoms with Crippen LogP contribution in [0.1, 0.15) is 36.4 Å². The fourth-order valence-corrected chi connectivity index (χ4v) is 4.81. The van der Waals surface area contributed by atoms with Crippen LogP contribution in [-0.4, -0.2) is 51.9 Å². The van der Waals surface area contributed by atoms with Crippen LogP contribution in [0.5, 0.6) is 0 Å². The largest absolute Gasteiger partial charge is 0.368 e. The molecule has 2 aliphatic rings. The van der Waals surface area contributed by atoms with Gasteiger partial charge in [-0.3, -0.25) is 14.7 Å². The molecule has 5 rings (SSSR count). The van der Waals surface area contributed by atoms with Gasteiger partial charge in [0.2, 0.25) is 11.9 Å². The summed E-state index contributed by atoms with van der Waals surface area (Å²) in [7, 11) is 0. The van der Waals surface area contributed by atoms with Gasteiger partial charge in [0, 0.05) is 60.1 Å². The Balaban J connectivity index is 1.24. The van der Waals surface area contributed by atoms with Gasteiger partial charge in [-0.15, -0.1) is 0 Å². The molecule has 0 radical (unpaired) electrons. The molecule has 2 aromatic heterocycles. The van der Waals surface area contributed by atoms with E-state index in [1.165, 1.54) is 5.56 Å². The van der Waals surface area contributed by atoms with Gasteiger partial charge in [-0.05, 0) is 49.9 Å². The SMILES string of the molecule is Nc1ncc(-c2ccc([C@H]3CCCN(CC(=O)N4CCCc5ccccc54)C3)nc2)cn1. The van der Waals surface area contributed by atoms with Crippen LogP contribution in [0.4, 0.5) is 11.6 Å². The number of rotatable bonds is 4. The van der Waals surface area contributed by atoms with Crippen molar-refractivity contribution < 1.29 is 4.79 Å². The first-order chi connectivity index (χ1) is 15.7. The molecule has 0 aliphatic carbocycles. The second-order valence-corrected chi connectivity index (χ2v) is 8.65. The summed E-state index contributed by atoms with van der Waals surface area (Å²) in [4.78, 5) is 30.2. The number of carbonyl (C=O) groups excluding carboxylic acids is 1. The lowest BCUT2D eigenvalue weighted by atomic mass is 9.93. The van der Waals surface area contributed by atoms with Crippen LogP contribution in [0.15, 0.2) is 55.0 Å². The first kappa shape index (κ1) is 20.6. The maximum atomic E-state index is 13.1.